The largest absolute Gasteiger partial charge is 0.357 e. The first-order chi connectivity index (χ1) is 12.0. The van der Waals surface area contributed by atoms with E-state index in [1.807, 2.05) is 18.7 Å². The summed E-state index contributed by atoms with van der Waals surface area (Å²) in [5.41, 5.74) is 1.08. The number of aliphatic imine (C=N–C) groups is 1. The molecule has 6 nitrogen and oxygen atoms in total. The Labute approximate surface area is 155 Å². The molecule has 1 aliphatic heterocycles. The van der Waals surface area contributed by atoms with E-state index in [-0.39, 0.29) is 5.91 Å². The first-order valence-electron chi connectivity index (χ1n) is 9.22. The van der Waals surface area contributed by atoms with Crippen LogP contribution in [0.2, 0.25) is 0 Å². The summed E-state index contributed by atoms with van der Waals surface area (Å²) in [7, 11) is 0. The van der Waals surface area contributed by atoms with Crippen LogP contribution in [-0.4, -0.2) is 47.9 Å². The Bertz CT molecular complexity index is 579. The van der Waals surface area contributed by atoms with Gasteiger partial charge in [0, 0.05) is 37.5 Å². The van der Waals surface area contributed by atoms with E-state index >= 15 is 0 Å². The summed E-state index contributed by atoms with van der Waals surface area (Å²) < 4.78 is 0. The number of nitrogens with zero attached hydrogens (tertiary/aromatic N) is 3. The third-order valence-electron chi connectivity index (χ3n) is 4.43. The van der Waals surface area contributed by atoms with Crippen LogP contribution < -0.4 is 10.6 Å². The number of rotatable bonds is 6. The molecular weight excluding hydrogens is 334 g/mol. The molecule has 1 aliphatic rings. The van der Waals surface area contributed by atoms with Crippen molar-refractivity contribution in [2.75, 3.05) is 26.2 Å². The Hall–Kier alpha value is -1.63. The minimum Gasteiger partial charge on any atom is -0.357 e. The van der Waals surface area contributed by atoms with E-state index in [1.54, 1.807) is 11.3 Å². The van der Waals surface area contributed by atoms with Gasteiger partial charge in [0.1, 0.15) is 5.01 Å². The van der Waals surface area contributed by atoms with Gasteiger partial charge >= 0.3 is 0 Å². The monoisotopic (exact) mass is 365 g/mol. The zero-order valence-corrected chi connectivity index (χ0v) is 16.7. The minimum absolute atomic E-state index is 0.237. The summed E-state index contributed by atoms with van der Waals surface area (Å²) in [6, 6.07) is 0. The topological polar surface area (TPSA) is 69.6 Å². The number of nitrogens with one attached hydrogen (secondary N) is 2. The van der Waals surface area contributed by atoms with Crippen molar-refractivity contribution in [2.24, 2.45) is 10.9 Å². The van der Waals surface area contributed by atoms with Gasteiger partial charge in [-0.1, -0.05) is 6.92 Å². The summed E-state index contributed by atoms with van der Waals surface area (Å²) in [5, 5.41) is 7.51. The molecule has 1 unspecified atom stereocenters. The highest BCUT2D eigenvalue weighted by Gasteiger charge is 2.20. The molecule has 2 rings (SSSR count). The van der Waals surface area contributed by atoms with Gasteiger partial charge in [0.2, 0.25) is 5.91 Å². The standard InChI is InChI=1S/C18H31N5OS/c1-5-19-18(21-11-16-22-14(3)15(4)25-16)20-9-8-17(24)23-10-6-7-13(2)12-23/h13H,5-12H2,1-4H3,(H2,19,20,21). The zero-order valence-electron chi connectivity index (χ0n) is 15.9. The first kappa shape index (κ1) is 19.7. The molecule has 140 valence electrons. The first-order valence-corrected chi connectivity index (χ1v) is 10.0. The molecule has 7 heteroatoms. The van der Waals surface area contributed by atoms with Crippen LogP contribution in [0.1, 0.15) is 48.7 Å². The second-order valence-electron chi connectivity index (χ2n) is 6.71. The quantitative estimate of drug-likeness (QED) is 0.600. The van der Waals surface area contributed by atoms with Crippen LogP contribution in [0.4, 0.5) is 0 Å². The SMILES string of the molecule is CCNC(=NCc1nc(C)c(C)s1)NCCC(=O)N1CCCC(C)C1. The number of likely N-dealkylation sites (tertiary alicyclic amines) is 1. The predicted molar refractivity (Wildman–Crippen MR) is 104 cm³/mol. The van der Waals surface area contributed by atoms with Crippen LogP contribution in [0, 0.1) is 19.8 Å². The van der Waals surface area contributed by atoms with E-state index in [0.29, 0.717) is 25.4 Å². The molecule has 1 saturated heterocycles. The lowest BCUT2D eigenvalue weighted by molar-refractivity contribution is -0.132. The van der Waals surface area contributed by atoms with Crippen molar-refractivity contribution >= 4 is 23.2 Å². The van der Waals surface area contributed by atoms with Crippen molar-refractivity contribution in [1.29, 1.82) is 0 Å². The van der Waals surface area contributed by atoms with Gasteiger partial charge in [-0.25, -0.2) is 9.98 Å². The van der Waals surface area contributed by atoms with Gasteiger partial charge in [0.05, 0.1) is 12.2 Å². The average molecular weight is 366 g/mol. The van der Waals surface area contributed by atoms with Crippen LogP contribution in [0.3, 0.4) is 0 Å². The molecule has 0 aromatic carbocycles. The number of carbonyl (C=O) groups is 1. The third kappa shape index (κ3) is 6.30. The van der Waals surface area contributed by atoms with Crippen molar-refractivity contribution in [1.82, 2.24) is 20.5 Å². The molecule has 0 radical (unpaired) electrons. The molecule has 2 N–H and O–H groups in total. The number of piperidine rings is 1. The molecule has 25 heavy (non-hydrogen) atoms. The Morgan fingerprint density at radius 1 is 1.40 bits per heavy atom. The van der Waals surface area contributed by atoms with E-state index < -0.39 is 0 Å². The predicted octanol–water partition coefficient (Wildman–Crippen LogP) is 2.46. The van der Waals surface area contributed by atoms with Gasteiger partial charge < -0.3 is 15.5 Å². The van der Waals surface area contributed by atoms with E-state index in [1.165, 1.54) is 11.3 Å². The highest BCUT2D eigenvalue weighted by molar-refractivity contribution is 7.11. The minimum atomic E-state index is 0.237. The maximum atomic E-state index is 12.3. The van der Waals surface area contributed by atoms with Crippen molar-refractivity contribution < 1.29 is 4.79 Å². The smallest absolute Gasteiger partial charge is 0.224 e. The summed E-state index contributed by atoms with van der Waals surface area (Å²) in [5.74, 6) is 1.60. The molecule has 0 saturated carbocycles. The van der Waals surface area contributed by atoms with Gasteiger partial charge in [0.25, 0.3) is 0 Å². The van der Waals surface area contributed by atoms with Crippen LogP contribution in [0.5, 0.6) is 0 Å². The van der Waals surface area contributed by atoms with Crippen LogP contribution in [0.15, 0.2) is 4.99 Å². The average Bonchev–Trinajstić information content (AvgIpc) is 2.90. The summed E-state index contributed by atoms with van der Waals surface area (Å²) >= 11 is 1.69. The third-order valence-corrected chi connectivity index (χ3v) is 5.49. The zero-order chi connectivity index (χ0) is 18.2. The number of hydrogen-bond donors (Lipinski definition) is 2. The lowest BCUT2D eigenvalue weighted by Crippen LogP contribution is -2.42. The number of hydrogen-bond acceptors (Lipinski definition) is 4. The Kier molecular flexibility index (Phi) is 7.68. The Balaban J connectivity index is 1.80. The van der Waals surface area contributed by atoms with Crippen LogP contribution >= 0.6 is 11.3 Å². The number of carbonyl (C=O) groups excluding carboxylic acids is 1. The highest BCUT2D eigenvalue weighted by atomic mass is 32.1. The van der Waals surface area contributed by atoms with Crippen molar-refractivity contribution in [3.05, 3.63) is 15.6 Å². The molecule has 0 bridgehead atoms. The van der Waals surface area contributed by atoms with Crippen LogP contribution in [0.25, 0.3) is 0 Å². The van der Waals surface area contributed by atoms with E-state index in [0.717, 1.165) is 42.7 Å². The second kappa shape index (κ2) is 9.75. The molecule has 1 fully saturated rings. The van der Waals surface area contributed by atoms with E-state index in [2.05, 4.69) is 34.5 Å². The molecule has 1 amide bonds. The number of aromatic nitrogens is 1. The van der Waals surface area contributed by atoms with Gasteiger partial charge in [-0.2, -0.15) is 0 Å². The van der Waals surface area contributed by atoms with Gasteiger partial charge in [-0.05, 0) is 39.5 Å². The highest BCUT2D eigenvalue weighted by Crippen LogP contribution is 2.17. The molecule has 1 aromatic rings. The molecule has 1 aromatic heterocycles. The Morgan fingerprint density at radius 3 is 2.84 bits per heavy atom. The van der Waals surface area contributed by atoms with Crippen LogP contribution in [-0.2, 0) is 11.3 Å². The number of guanidine groups is 1. The van der Waals surface area contributed by atoms with Crippen molar-refractivity contribution in [2.45, 2.75) is 53.5 Å². The fraction of sp³-hybridized carbons (Fsp3) is 0.722. The maximum absolute atomic E-state index is 12.3. The summed E-state index contributed by atoms with van der Waals surface area (Å²) in [4.78, 5) is 24.7. The van der Waals surface area contributed by atoms with E-state index in [9.17, 15) is 4.79 Å². The summed E-state index contributed by atoms with van der Waals surface area (Å²) in [6.07, 6.45) is 2.86. The number of amides is 1. The fourth-order valence-electron chi connectivity index (χ4n) is 2.96. The van der Waals surface area contributed by atoms with Gasteiger partial charge in [-0.3, -0.25) is 4.79 Å². The van der Waals surface area contributed by atoms with Crippen molar-refractivity contribution in [3.8, 4) is 0 Å². The second-order valence-corrected chi connectivity index (χ2v) is 8.00. The lowest BCUT2D eigenvalue weighted by atomic mass is 10.00. The molecule has 1 atom stereocenters. The van der Waals surface area contributed by atoms with Gasteiger partial charge in [-0.15, -0.1) is 11.3 Å². The normalized spacial score (nSPS) is 18.3. The maximum Gasteiger partial charge on any atom is 0.224 e. The molecular formula is C18H31N5OS. The van der Waals surface area contributed by atoms with Gasteiger partial charge in [0.15, 0.2) is 5.96 Å². The lowest BCUT2D eigenvalue weighted by Gasteiger charge is -2.31. The van der Waals surface area contributed by atoms with Crippen molar-refractivity contribution in [3.63, 3.8) is 0 Å². The Morgan fingerprint density at radius 2 is 2.20 bits per heavy atom. The summed E-state index contributed by atoms with van der Waals surface area (Å²) in [6.45, 7) is 12.1. The number of aryl methyl sites for hydroxylation is 2. The molecule has 0 spiro atoms. The molecule has 2 heterocycles. The van der Waals surface area contributed by atoms with E-state index in [4.69, 9.17) is 0 Å². The fourth-order valence-corrected chi connectivity index (χ4v) is 3.82. The number of thiazole rings is 1. The molecule has 0 aliphatic carbocycles.